The number of fused-ring (bicyclic) bond motifs is 2. The molecule has 1 saturated carbocycles. The molecule has 3 heterocycles. The second-order valence-electron chi connectivity index (χ2n) is 7.41. The van der Waals surface area contributed by atoms with Crippen LogP contribution in [0.5, 0.6) is 0 Å². The molecule has 1 fully saturated rings. The van der Waals surface area contributed by atoms with Gasteiger partial charge >= 0.3 is 5.97 Å². The van der Waals surface area contributed by atoms with E-state index in [2.05, 4.69) is 9.97 Å². The van der Waals surface area contributed by atoms with Crippen molar-refractivity contribution in [1.29, 1.82) is 0 Å². The smallest absolute Gasteiger partial charge is 0.358 e. The molecular weight excluding hydrogens is 368 g/mol. The lowest BCUT2D eigenvalue weighted by atomic mass is 10.1. The Morgan fingerprint density at radius 2 is 2.00 bits per heavy atom. The van der Waals surface area contributed by atoms with Crippen LogP contribution in [0.25, 0.3) is 27.7 Å². The van der Waals surface area contributed by atoms with E-state index >= 15 is 0 Å². The van der Waals surface area contributed by atoms with Gasteiger partial charge in [0, 0.05) is 18.9 Å². The highest BCUT2D eigenvalue weighted by atomic mass is 16.5. The molecule has 0 aliphatic heterocycles. The van der Waals surface area contributed by atoms with E-state index in [-0.39, 0.29) is 11.3 Å². The number of ether oxygens (including phenoxy) is 1. The fourth-order valence-corrected chi connectivity index (χ4v) is 3.51. The van der Waals surface area contributed by atoms with Crippen LogP contribution < -0.4 is 5.56 Å². The van der Waals surface area contributed by atoms with Crippen LogP contribution in [0.1, 0.15) is 30.3 Å². The Bertz CT molecular complexity index is 1300. The fourth-order valence-electron chi connectivity index (χ4n) is 3.51. The molecule has 7 nitrogen and oxygen atoms in total. The Labute approximate surface area is 166 Å². The summed E-state index contributed by atoms with van der Waals surface area (Å²) in [6.45, 7) is 2.81. The molecule has 146 valence electrons. The second-order valence-corrected chi connectivity index (χ2v) is 7.41. The first-order valence-electron chi connectivity index (χ1n) is 9.78. The van der Waals surface area contributed by atoms with E-state index in [0.29, 0.717) is 29.1 Å². The summed E-state index contributed by atoms with van der Waals surface area (Å²) in [6.07, 6.45) is 7.57. The van der Waals surface area contributed by atoms with Crippen molar-refractivity contribution in [2.24, 2.45) is 5.92 Å². The lowest BCUT2D eigenvalue weighted by molar-refractivity contribution is 0.0520. The third-order valence-corrected chi connectivity index (χ3v) is 5.24. The van der Waals surface area contributed by atoms with Crippen LogP contribution in [0.15, 0.2) is 53.8 Å². The van der Waals surface area contributed by atoms with E-state index < -0.39 is 5.97 Å². The van der Waals surface area contributed by atoms with E-state index in [1.54, 1.807) is 28.4 Å². The number of carbonyl (C=O) groups is 1. The minimum Gasteiger partial charge on any atom is -0.461 e. The first-order chi connectivity index (χ1) is 14.1. The Kier molecular flexibility index (Phi) is 4.16. The highest BCUT2D eigenvalue weighted by Crippen LogP contribution is 2.30. The molecule has 0 N–H and O–H groups in total. The SMILES string of the molecule is CCOC(=O)c1cn2cc(-c3ccc4ncn(CC5CC5)c(=O)c4c3)ccc2n1. The topological polar surface area (TPSA) is 78.5 Å². The molecule has 0 unspecified atom stereocenters. The maximum absolute atomic E-state index is 12.9. The van der Waals surface area contributed by atoms with Crippen molar-refractivity contribution in [3.05, 3.63) is 65.1 Å². The molecule has 0 bridgehead atoms. The first kappa shape index (κ1) is 17.6. The van der Waals surface area contributed by atoms with E-state index in [1.165, 1.54) is 12.8 Å². The summed E-state index contributed by atoms with van der Waals surface area (Å²) in [6, 6.07) is 9.48. The summed E-state index contributed by atoms with van der Waals surface area (Å²) in [4.78, 5) is 33.6. The van der Waals surface area contributed by atoms with Crippen molar-refractivity contribution in [1.82, 2.24) is 18.9 Å². The summed E-state index contributed by atoms with van der Waals surface area (Å²) in [7, 11) is 0. The highest BCUT2D eigenvalue weighted by Gasteiger charge is 2.22. The zero-order valence-electron chi connectivity index (χ0n) is 16.0. The van der Waals surface area contributed by atoms with Crippen molar-refractivity contribution in [2.75, 3.05) is 6.61 Å². The number of esters is 1. The van der Waals surface area contributed by atoms with Crippen LogP contribution in [-0.4, -0.2) is 31.5 Å². The summed E-state index contributed by atoms with van der Waals surface area (Å²) >= 11 is 0. The van der Waals surface area contributed by atoms with Gasteiger partial charge in [0.25, 0.3) is 5.56 Å². The molecule has 0 atom stereocenters. The number of hydrogen-bond acceptors (Lipinski definition) is 5. The van der Waals surface area contributed by atoms with Crippen molar-refractivity contribution < 1.29 is 9.53 Å². The van der Waals surface area contributed by atoms with Crippen molar-refractivity contribution in [2.45, 2.75) is 26.3 Å². The number of benzene rings is 1. The standard InChI is InChI=1S/C22H20N4O3/c1-2-29-22(28)19-12-25-11-16(6-8-20(25)24-19)15-5-7-18-17(9-15)21(27)26(13-23-18)10-14-3-4-14/h5-9,11-14H,2-4,10H2,1H3. The number of rotatable bonds is 5. The molecular formula is C22H20N4O3. The number of hydrogen-bond donors (Lipinski definition) is 0. The van der Waals surface area contributed by atoms with E-state index in [0.717, 1.165) is 17.7 Å². The maximum Gasteiger partial charge on any atom is 0.358 e. The highest BCUT2D eigenvalue weighted by molar-refractivity contribution is 5.88. The van der Waals surface area contributed by atoms with Crippen LogP contribution in [0.2, 0.25) is 0 Å². The molecule has 1 aliphatic rings. The first-order valence-corrected chi connectivity index (χ1v) is 9.78. The van der Waals surface area contributed by atoms with Crippen LogP contribution in [-0.2, 0) is 11.3 Å². The van der Waals surface area contributed by atoms with Gasteiger partial charge in [-0.3, -0.25) is 9.36 Å². The van der Waals surface area contributed by atoms with Gasteiger partial charge in [0.05, 0.1) is 23.8 Å². The quantitative estimate of drug-likeness (QED) is 0.490. The molecule has 4 aromatic rings. The lowest BCUT2D eigenvalue weighted by Crippen LogP contribution is -2.21. The molecule has 5 rings (SSSR count). The number of aromatic nitrogens is 4. The zero-order chi connectivity index (χ0) is 20.0. The third-order valence-electron chi connectivity index (χ3n) is 5.24. The van der Waals surface area contributed by atoms with Crippen LogP contribution >= 0.6 is 0 Å². The Morgan fingerprint density at radius 1 is 1.17 bits per heavy atom. The van der Waals surface area contributed by atoms with Gasteiger partial charge in [-0.1, -0.05) is 6.07 Å². The molecule has 0 amide bonds. The van der Waals surface area contributed by atoms with Crippen molar-refractivity contribution in [3.8, 4) is 11.1 Å². The van der Waals surface area contributed by atoms with Gasteiger partial charge in [0.15, 0.2) is 5.69 Å². The lowest BCUT2D eigenvalue weighted by Gasteiger charge is -2.08. The van der Waals surface area contributed by atoms with Crippen molar-refractivity contribution in [3.63, 3.8) is 0 Å². The monoisotopic (exact) mass is 388 g/mol. The molecule has 3 aromatic heterocycles. The van der Waals surface area contributed by atoms with Crippen LogP contribution in [0.3, 0.4) is 0 Å². The average Bonchev–Trinajstić information content (AvgIpc) is 3.44. The van der Waals surface area contributed by atoms with E-state index in [1.807, 2.05) is 36.5 Å². The molecule has 1 aliphatic carbocycles. The van der Waals surface area contributed by atoms with Gasteiger partial charge in [-0.2, -0.15) is 0 Å². The summed E-state index contributed by atoms with van der Waals surface area (Å²) in [5.74, 6) is 0.165. The number of pyridine rings is 1. The Hall–Kier alpha value is -3.48. The Balaban J connectivity index is 1.55. The Morgan fingerprint density at radius 3 is 2.79 bits per heavy atom. The largest absolute Gasteiger partial charge is 0.461 e. The maximum atomic E-state index is 12.9. The van der Waals surface area contributed by atoms with Gasteiger partial charge in [-0.25, -0.2) is 14.8 Å². The van der Waals surface area contributed by atoms with Crippen molar-refractivity contribution >= 4 is 22.5 Å². The van der Waals surface area contributed by atoms with E-state index in [4.69, 9.17) is 4.74 Å². The molecule has 29 heavy (non-hydrogen) atoms. The van der Waals surface area contributed by atoms with Gasteiger partial charge in [-0.15, -0.1) is 0 Å². The van der Waals surface area contributed by atoms with Gasteiger partial charge < -0.3 is 9.14 Å². The number of imidazole rings is 1. The predicted octanol–water partition coefficient (Wildman–Crippen LogP) is 3.30. The molecule has 0 radical (unpaired) electrons. The number of carbonyl (C=O) groups excluding carboxylic acids is 1. The van der Waals surface area contributed by atoms with Gasteiger partial charge in [0.1, 0.15) is 5.65 Å². The molecule has 0 saturated heterocycles. The number of nitrogens with zero attached hydrogens (tertiary/aromatic N) is 4. The minimum absolute atomic E-state index is 0.00273. The van der Waals surface area contributed by atoms with Gasteiger partial charge in [-0.05, 0) is 61.1 Å². The average molecular weight is 388 g/mol. The third kappa shape index (κ3) is 3.29. The van der Waals surface area contributed by atoms with Crippen LogP contribution in [0.4, 0.5) is 0 Å². The van der Waals surface area contributed by atoms with Crippen LogP contribution in [0, 0.1) is 5.92 Å². The molecule has 0 spiro atoms. The molecule has 1 aromatic carbocycles. The second kappa shape index (κ2) is 6.84. The summed E-state index contributed by atoms with van der Waals surface area (Å²) < 4.78 is 8.53. The fraction of sp³-hybridized carbons (Fsp3) is 0.273. The van der Waals surface area contributed by atoms with E-state index in [9.17, 15) is 9.59 Å². The summed E-state index contributed by atoms with van der Waals surface area (Å²) in [5.41, 5.74) is 3.45. The minimum atomic E-state index is -0.439. The molecule has 7 heteroatoms. The van der Waals surface area contributed by atoms with Gasteiger partial charge in [0.2, 0.25) is 0 Å². The summed E-state index contributed by atoms with van der Waals surface area (Å²) in [5, 5.41) is 0.614. The predicted molar refractivity (Wildman–Crippen MR) is 109 cm³/mol. The normalized spacial score (nSPS) is 13.8. The zero-order valence-corrected chi connectivity index (χ0v) is 16.0.